The molecule has 0 aromatic carbocycles. The van der Waals surface area contributed by atoms with Gasteiger partial charge >= 0.3 is 0 Å². The zero-order valence-electron chi connectivity index (χ0n) is 9.82. The fourth-order valence-corrected chi connectivity index (χ4v) is 2.68. The van der Waals surface area contributed by atoms with Gasteiger partial charge in [-0.25, -0.2) is 9.97 Å². The maximum Gasteiger partial charge on any atom is 0.131 e. The van der Waals surface area contributed by atoms with Crippen LogP contribution in [0.15, 0.2) is 12.4 Å². The highest BCUT2D eigenvalue weighted by Gasteiger charge is 2.23. The Morgan fingerprint density at radius 3 is 2.69 bits per heavy atom. The fraction of sp³-hybridized carbons (Fsp3) is 0.692. The first-order chi connectivity index (χ1) is 7.83. The number of halogens is 1. The van der Waals surface area contributed by atoms with Gasteiger partial charge in [0.25, 0.3) is 0 Å². The van der Waals surface area contributed by atoms with Gasteiger partial charge < -0.3 is 0 Å². The zero-order chi connectivity index (χ0) is 11.4. The van der Waals surface area contributed by atoms with Crippen LogP contribution in [0.1, 0.15) is 56.3 Å². The van der Waals surface area contributed by atoms with Gasteiger partial charge in [-0.05, 0) is 18.8 Å². The maximum atomic E-state index is 5.73. The molecule has 3 heteroatoms. The third-order valence-electron chi connectivity index (χ3n) is 3.60. The Morgan fingerprint density at radius 1 is 1.31 bits per heavy atom. The highest BCUT2D eigenvalue weighted by atomic mass is 35.5. The second-order valence-corrected chi connectivity index (χ2v) is 4.99. The highest BCUT2D eigenvalue weighted by Crippen LogP contribution is 2.35. The van der Waals surface area contributed by atoms with Crippen LogP contribution in [0.25, 0.3) is 0 Å². The van der Waals surface area contributed by atoms with E-state index in [1.165, 1.54) is 32.1 Å². The third-order valence-corrected chi connectivity index (χ3v) is 3.91. The number of aromatic nitrogens is 2. The summed E-state index contributed by atoms with van der Waals surface area (Å²) in [7, 11) is 0. The molecular formula is C13H19ClN2. The number of nitrogens with zero attached hydrogens (tertiary/aromatic N) is 2. The lowest BCUT2D eigenvalue weighted by Gasteiger charge is -2.27. The molecule has 0 spiro atoms. The largest absolute Gasteiger partial charge is 0.241 e. The monoisotopic (exact) mass is 238 g/mol. The van der Waals surface area contributed by atoms with E-state index in [9.17, 15) is 0 Å². The SMILES string of the molecule is CCC1CCCC(c2ncc(CCl)cn2)C1. The fourth-order valence-electron chi connectivity index (χ4n) is 2.54. The van der Waals surface area contributed by atoms with Gasteiger partial charge in [-0.2, -0.15) is 0 Å². The molecule has 0 saturated heterocycles. The average Bonchev–Trinajstić information content (AvgIpc) is 2.39. The van der Waals surface area contributed by atoms with Crippen LogP contribution in [0, 0.1) is 5.92 Å². The van der Waals surface area contributed by atoms with Crippen LogP contribution in [0.2, 0.25) is 0 Å². The molecule has 88 valence electrons. The van der Waals surface area contributed by atoms with Gasteiger partial charge in [0, 0.05) is 23.9 Å². The molecule has 0 bridgehead atoms. The summed E-state index contributed by atoms with van der Waals surface area (Å²) in [5.74, 6) is 2.97. The van der Waals surface area contributed by atoms with Gasteiger partial charge in [-0.3, -0.25) is 0 Å². The maximum absolute atomic E-state index is 5.73. The summed E-state index contributed by atoms with van der Waals surface area (Å²) in [6.45, 7) is 2.28. The Labute approximate surface area is 102 Å². The van der Waals surface area contributed by atoms with E-state index < -0.39 is 0 Å². The summed E-state index contributed by atoms with van der Waals surface area (Å²) >= 11 is 5.73. The molecule has 1 aromatic rings. The van der Waals surface area contributed by atoms with E-state index in [1.807, 2.05) is 12.4 Å². The lowest BCUT2D eigenvalue weighted by atomic mass is 9.80. The molecular weight excluding hydrogens is 220 g/mol. The van der Waals surface area contributed by atoms with Gasteiger partial charge in [-0.1, -0.05) is 26.2 Å². The highest BCUT2D eigenvalue weighted by molar-refractivity contribution is 6.17. The molecule has 1 aliphatic rings. The van der Waals surface area contributed by atoms with Crippen LogP contribution in [-0.4, -0.2) is 9.97 Å². The lowest BCUT2D eigenvalue weighted by molar-refractivity contribution is 0.307. The second kappa shape index (κ2) is 5.62. The molecule has 2 nitrogen and oxygen atoms in total. The molecule has 1 saturated carbocycles. The lowest BCUT2D eigenvalue weighted by Crippen LogP contribution is -2.15. The van der Waals surface area contributed by atoms with E-state index in [1.54, 1.807) is 0 Å². The smallest absolute Gasteiger partial charge is 0.131 e. The summed E-state index contributed by atoms with van der Waals surface area (Å²) in [6.07, 6.45) is 10.2. The summed E-state index contributed by atoms with van der Waals surface area (Å²) < 4.78 is 0. The minimum Gasteiger partial charge on any atom is -0.241 e. The van der Waals surface area contributed by atoms with Crippen LogP contribution < -0.4 is 0 Å². The molecule has 0 aliphatic heterocycles. The number of alkyl halides is 1. The summed E-state index contributed by atoms with van der Waals surface area (Å²) in [6, 6.07) is 0. The van der Waals surface area contributed by atoms with Crippen LogP contribution in [0.3, 0.4) is 0 Å². The quantitative estimate of drug-likeness (QED) is 0.747. The first-order valence-electron chi connectivity index (χ1n) is 6.20. The van der Waals surface area contributed by atoms with Gasteiger partial charge in [0.05, 0.1) is 5.88 Å². The molecule has 0 amide bonds. The molecule has 0 radical (unpaired) electrons. The number of rotatable bonds is 3. The summed E-state index contributed by atoms with van der Waals surface area (Å²) in [5, 5.41) is 0. The van der Waals surface area contributed by atoms with Crippen LogP contribution in [0.5, 0.6) is 0 Å². The van der Waals surface area contributed by atoms with E-state index in [0.717, 1.165) is 17.3 Å². The average molecular weight is 239 g/mol. The van der Waals surface area contributed by atoms with Crippen molar-refractivity contribution in [2.45, 2.75) is 50.8 Å². The molecule has 2 atom stereocenters. The predicted octanol–water partition coefficient (Wildman–Crippen LogP) is 3.90. The first kappa shape index (κ1) is 11.8. The molecule has 0 N–H and O–H groups in total. The zero-order valence-corrected chi connectivity index (χ0v) is 10.6. The van der Waals surface area contributed by atoms with Gasteiger partial charge in [0.1, 0.15) is 5.82 Å². The number of hydrogen-bond donors (Lipinski definition) is 0. The third kappa shape index (κ3) is 2.73. The summed E-state index contributed by atoms with van der Waals surface area (Å²) in [4.78, 5) is 8.89. The Hall–Kier alpha value is -0.630. The summed E-state index contributed by atoms with van der Waals surface area (Å²) in [5.41, 5.74) is 1.01. The molecule has 1 aromatic heterocycles. The molecule has 1 fully saturated rings. The van der Waals surface area contributed by atoms with Gasteiger partial charge in [0.2, 0.25) is 0 Å². The molecule has 2 rings (SSSR count). The minimum atomic E-state index is 0.503. The van der Waals surface area contributed by atoms with Crippen LogP contribution in [-0.2, 0) is 5.88 Å². The van der Waals surface area contributed by atoms with Gasteiger partial charge in [-0.15, -0.1) is 11.6 Å². The first-order valence-corrected chi connectivity index (χ1v) is 6.73. The Bertz CT molecular complexity index is 323. The molecule has 1 aliphatic carbocycles. The van der Waals surface area contributed by atoms with Crippen molar-refractivity contribution in [3.8, 4) is 0 Å². The van der Waals surface area contributed by atoms with Crippen molar-refractivity contribution >= 4 is 11.6 Å². The predicted molar refractivity (Wildman–Crippen MR) is 66.6 cm³/mol. The minimum absolute atomic E-state index is 0.503. The molecule has 2 unspecified atom stereocenters. The normalized spacial score (nSPS) is 25.6. The van der Waals surface area contributed by atoms with E-state index in [-0.39, 0.29) is 0 Å². The Morgan fingerprint density at radius 2 is 2.06 bits per heavy atom. The van der Waals surface area contributed by atoms with Gasteiger partial charge in [0.15, 0.2) is 0 Å². The van der Waals surface area contributed by atoms with Crippen molar-refractivity contribution in [2.75, 3.05) is 0 Å². The van der Waals surface area contributed by atoms with Crippen molar-refractivity contribution in [3.05, 3.63) is 23.8 Å². The van der Waals surface area contributed by atoms with Crippen molar-refractivity contribution in [1.29, 1.82) is 0 Å². The topological polar surface area (TPSA) is 25.8 Å². The molecule has 1 heterocycles. The van der Waals surface area contributed by atoms with E-state index >= 15 is 0 Å². The van der Waals surface area contributed by atoms with Crippen molar-refractivity contribution in [2.24, 2.45) is 5.92 Å². The van der Waals surface area contributed by atoms with E-state index in [4.69, 9.17) is 11.6 Å². The van der Waals surface area contributed by atoms with Crippen molar-refractivity contribution in [3.63, 3.8) is 0 Å². The van der Waals surface area contributed by atoms with E-state index in [0.29, 0.717) is 11.8 Å². The Kier molecular flexibility index (Phi) is 4.16. The molecule has 16 heavy (non-hydrogen) atoms. The van der Waals surface area contributed by atoms with Crippen molar-refractivity contribution < 1.29 is 0 Å². The number of hydrogen-bond acceptors (Lipinski definition) is 2. The van der Waals surface area contributed by atoms with E-state index in [2.05, 4.69) is 16.9 Å². The second-order valence-electron chi connectivity index (χ2n) is 4.72. The Balaban J connectivity index is 2.05. The van der Waals surface area contributed by atoms with Crippen molar-refractivity contribution in [1.82, 2.24) is 9.97 Å². The van der Waals surface area contributed by atoms with Crippen LogP contribution in [0.4, 0.5) is 0 Å². The van der Waals surface area contributed by atoms with Crippen LogP contribution >= 0.6 is 11.6 Å². The standard InChI is InChI=1S/C13H19ClN2/c1-2-10-4-3-5-12(6-10)13-15-8-11(7-14)9-16-13/h8-10,12H,2-7H2,1H3.